The maximum Gasteiger partial charge on any atom is 0.405 e. The normalized spacial score (nSPS) is 18.7. The summed E-state index contributed by atoms with van der Waals surface area (Å²) in [5, 5.41) is 10.9. The lowest BCUT2D eigenvalue weighted by Gasteiger charge is -2.31. The SMILES string of the molecule is O=C(NCC(F)(F)F)[C@]1(CCS(=O)(=O)c2ccccc2)N=C(c2ccc(OCCCO)cc2)O[C@@H]1c1ccccc1Br. The molecule has 0 spiro atoms. The molecule has 0 saturated carbocycles. The average Bonchev–Trinajstić information content (AvgIpc) is 3.36. The summed E-state index contributed by atoms with van der Waals surface area (Å²) in [6.45, 7) is -1.38. The summed E-state index contributed by atoms with van der Waals surface area (Å²) in [4.78, 5) is 18.2. The van der Waals surface area contributed by atoms with E-state index in [9.17, 15) is 26.4 Å². The number of nitrogens with one attached hydrogen (secondary N) is 1. The minimum atomic E-state index is -4.71. The van der Waals surface area contributed by atoms with Gasteiger partial charge in [0.1, 0.15) is 12.3 Å². The number of aliphatic hydroxyl groups excluding tert-OH is 1. The molecule has 1 aliphatic heterocycles. The number of hydrogen-bond donors (Lipinski definition) is 2. The van der Waals surface area contributed by atoms with E-state index >= 15 is 0 Å². The number of benzene rings is 3. The molecule has 1 amide bonds. The molecule has 0 unspecified atom stereocenters. The van der Waals surface area contributed by atoms with Gasteiger partial charge < -0.3 is 19.9 Å². The summed E-state index contributed by atoms with van der Waals surface area (Å²) in [6.07, 6.45) is -6.01. The molecule has 0 fully saturated rings. The van der Waals surface area contributed by atoms with Crippen molar-refractivity contribution in [2.45, 2.75) is 35.6 Å². The van der Waals surface area contributed by atoms with Crippen LogP contribution in [0.3, 0.4) is 0 Å². The van der Waals surface area contributed by atoms with Gasteiger partial charge in [-0.1, -0.05) is 52.3 Å². The van der Waals surface area contributed by atoms with Gasteiger partial charge in [0.25, 0.3) is 5.91 Å². The van der Waals surface area contributed by atoms with Crippen LogP contribution in [0.15, 0.2) is 93.2 Å². The van der Waals surface area contributed by atoms with E-state index in [0.717, 1.165) is 0 Å². The van der Waals surface area contributed by atoms with Crippen LogP contribution in [0.25, 0.3) is 0 Å². The van der Waals surface area contributed by atoms with Crippen LogP contribution in [0, 0.1) is 0 Å². The van der Waals surface area contributed by atoms with Gasteiger partial charge in [0.05, 0.1) is 17.3 Å². The van der Waals surface area contributed by atoms with Crippen LogP contribution in [-0.4, -0.2) is 62.6 Å². The molecule has 3 aromatic carbocycles. The van der Waals surface area contributed by atoms with Gasteiger partial charge in [0.2, 0.25) is 5.90 Å². The lowest BCUT2D eigenvalue weighted by molar-refractivity contribution is -0.143. The van der Waals surface area contributed by atoms with Gasteiger partial charge in [-0.05, 0) is 42.5 Å². The first kappa shape index (κ1) is 31.5. The number of nitrogens with zero attached hydrogens (tertiary/aromatic N) is 1. The molecule has 0 aliphatic carbocycles. The first-order valence-electron chi connectivity index (χ1n) is 12.9. The summed E-state index contributed by atoms with van der Waals surface area (Å²) in [5.41, 5.74) is -1.26. The zero-order chi connectivity index (χ0) is 30.4. The summed E-state index contributed by atoms with van der Waals surface area (Å²) in [6, 6.07) is 20.7. The Bertz CT molecular complexity index is 1520. The number of hydrogen-bond acceptors (Lipinski definition) is 7. The van der Waals surface area contributed by atoms with E-state index in [-0.39, 0.29) is 24.0 Å². The third-order valence-electron chi connectivity index (χ3n) is 6.52. The average molecular weight is 670 g/mol. The second kappa shape index (κ2) is 13.3. The molecule has 0 saturated heterocycles. The summed E-state index contributed by atoms with van der Waals surface area (Å²) in [7, 11) is -3.95. The van der Waals surface area contributed by atoms with Crippen LogP contribution in [0.5, 0.6) is 5.75 Å². The van der Waals surface area contributed by atoms with Gasteiger partial charge in [-0.25, -0.2) is 13.4 Å². The van der Waals surface area contributed by atoms with Gasteiger partial charge in [-0.15, -0.1) is 0 Å². The Morgan fingerprint density at radius 3 is 2.36 bits per heavy atom. The van der Waals surface area contributed by atoms with Crippen molar-refractivity contribution in [3.63, 3.8) is 0 Å². The van der Waals surface area contributed by atoms with Gasteiger partial charge >= 0.3 is 6.18 Å². The van der Waals surface area contributed by atoms with Crippen LogP contribution in [-0.2, 0) is 19.4 Å². The molecule has 0 bridgehead atoms. The predicted octanol–water partition coefficient (Wildman–Crippen LogP) is 5.01. The van der Waals surface area contributed by atoms with Crippen LogP contribution in [0.4, 0.5) is 13.2 Å². The number of sulfone groups is 1. The maximum atomic E-state index is 13.7. The van der Waals surface area contributed by atoms with E-state index < -0.39 is 52.3 Å². The number of carbonyl (C=O) groups excluding carboxylic acids is 1. The molecule has 1 aliphatic rings. The van der Waals surface area contributed by atoms with E-state index in [2.05, 4.69) is 20.9 Å². The van der Waals surface area contributed by atoms with Crippen molar-refractivity contribution in [1.29, 1.82) is 0 Å². The van der Waals surface area contributed by atoms with Crippen molar-refractivity contribution >= 4 is 37.6 Å². The van der Waals surface area contributed by atoms with E-state index in [1.807, 2.05) is 5.32 Å². The zero-order valence-corrected chi connectivity index (χ0v) is 24.6. The largest absolute Gasteiger partial charge is 0.494 e. The van der Waals surface area contributed by atoms with E-state index in [4.69, 9.17) is 14.6 Å². The molecule has 0 radical (unpaired) electrons. The molecule has 13 heteroatoms. The van der Waals surface area contributed by atoms with Crippen molar-refractivity contribution in [2.24, 2.45) is 4.99 Å². The van der Waals surface area contributed by atoms with Crippen molar-refractivity contribution < 1.29 is 41.0 Å². The standard InChI is InChI=1S/C29H28BrF3N2O6S/c30-24-10-5-4-9-23(24)25-28(27(37)34-19-29(31,32)33,15-18-42(38,39)22-7-2-1-3-8-22)35-26(41-25)20-11-13-21(14-12-20)40-17-6-16-36/h1-5,7-14,25,36H,6,15-19H2,(H,34,37)/t25-,28-/m1/s1. The predicted molar refractivity (Wildman–Crippen MR) is 153 cm³/mol. The number of amides is 1. The zero-order valence-electron chi connectivity index (χ0n) is 22.2. The van der Waals surface area contributed by atoms with Gasteiger partial charge in [0.15, 0.2) is 21.5 Å². The number of aliphatic imine (C=N–C) groups is 1. The van der Waals surface area contributed by atoms with E-state index in [1.165, 1.54) is 12.1 Å². The highest BCUT2D eigenvalue weighted by molar-refractivity contribution is 9.10. The summed E-state index contributed by atoms with van der Waals surface area (Å²) >= 11 is 3.43. The fraction of sp³-hybridized carbons (Fsp3) is 0.310. The first-order valence-corrected chi connectivity index (χ1v) is 15.4. The van der Waals surface area contributed by atoms with Crippen molar-refractivity contribution in [3.05, 3.63) is 94.5 Å². The molecule has 2 atom stereocenters. The number of alkyl halides is 3. The third kappa shape index (κ3) is 7.50. The molecule has 224 valence electrons. The van der Waals surface area contributed by atoms with Crippen LogP contribution in [0.1, 0.15) is 30.1 Å². The number of rotatable bonds is 12. The molecule has 42 heavy (non-hydrogen) atoms. The number of aliphatic hydroxyl groups is 1. The Balaban J connectivity index is 1.78. The monoisotopic (exact) mass is 668 g/mol. The molecule has 1 heterocycles. The minimum absolute atomic E-state index is 0.00759. The lowest BCUT2D eigenvalue weighted by Crippen LogP contribution is -2.51. The third-order valence-corrected chi connectivity index (χ3v) is 8.98. The maximum absolute atomic E-state index is 13.7. The Hall–Kier alpha value is -3.42. The van der Waals surface area contributed by atoms with Crippen LogP contribution < -0.4 is 10.1 Å². The van der Waals surface area contributed by atoms with Crippen molar-refractivity contribution in [2.75, 3.05) is 25.5 Å². The molecule has 0 aromatic heterocycles. The highest BCUT2D eigenvalue weighted by Gasteiger charge is 2.54. The van der Waals surface area contributed by atoms with Gasteiger partial charge in [-0.3, -0.25) is 4.79 Å². The lowest BCUT2D eigenvalue weighted by atomic mass is 9.85. The smallest absolute Gasteiger partial charge is 0.405 e. The second-order valence-corrected chi connectivity index (χ2v) is 12.5. The summed E-state index contributed by atoms with van der Waals surface area (Å²) < 4.78 is 78.3. The first-order chi connectivity index (χ1) is 19.9. The Kier molecular flexibility index (Phi) is 9.95. The Morgan fingerprint density at radius 2 is 1.71 bits per heavy atom. The number of halogens is 4. The van der Waals surface area contributed by atoms with Gasteiger partial charge in [0, 0.05) is 35.0 Å². The van der Waals surface area contributed by atoms with Gasteiger partial charge in [-0.2, -0.15) is 13.2 Å². The second-order valence-electron chi connectivity index (χ2n) is 9.49. The minimum Gasteiger partial charge on any atom is -0.494 e. The fourth-order valence-corrected chi connectivity index (χ4v) is 6.28. The van der Waals surface area contributed by atoms with Crippen molar-refractivity contribution in [3.8, 4) is 5.75 Å². The van der Waals surface area contributed by atoms with E-state index in [1.54, 1.807) is 66.7 Å². The molecule has 2 N–H and O–H groups in total. The van der Waals surface area contributed by atoms with Crippen LogP contribution >= 0.6 is 15.9 Å². The number of ether oxygens (including phenoxy) is 2. The topological polar surface area (TPSA) is 114 Å². The molecule has 3 aromatic rings. The molecule has 8 nitrogen and oxygen atoms in total. The number of carbonyl (C=O) groups is 1. The van der Waals surface area contributed by atoms with Crippen molar-refractivity contribution in [1.82, 2.24) is 5.32 Å². The molecular weight excluding hydrogens is 641 g/mol. The van der Waals surface area contributed by atoms with Crippen LogP contribution in [0.2, 0.25) is 0 Å². The molecular formula is C29H28BrF3N2O6S. The highest BCUT2D eigenvalue weighted by atomic mass is 79.9. The quantitative estimate of drug-likeness (QED) is 0.262. The van der Waals surface area contributed by atoms with E-state index in [0.29, 0.717) is 27.8 Å². The Labute approximate surface area is 249 Å². The molecule has 4 rings (SSSR count). The fourth-order valence-electron chi connectivity index (χ4n) is 4.40. The summed E-state index contributed by atoms with van der Waals surface area (Å²) in [5.74, 6) is -1.26. The Morgan fingerprint density at radius 1 is 1.05 bits per heavy atom. The highest BCUT2D eigenvalue weighted by Crippen LogP contribution is 2.45.